The molecule has 0 spiro atoms. The van der Waals surface area contributed by atoms with Crippen molar-refractivity contribution >= 4 is 5.91 Å². The number of likely N-dealkylation sites (N-methyl/N-ethyl adjacent to an activating group) is 1. The molecule has 2 aromatic carbocycles. The van der Waals surface area contributed by atoms with E-state index in [1.54, 1.807) is 11.9 Å². The molecule has 2 aromatic rings. The first-order valence-electron chi connectivity index (χ1n) is 7.82. The molecule has 0 aliphatic heterocycles. The topological polar surface area (TPSA) is 38.8 Å². The molecule has 4 nitrogen and oxygen atoms in total. The van der Waals surface area contributed by atoms with Crippen LogP contribution in [0.4, 0.5) is 0 Å². The SMILES string of the molecule is CCCOc1ccc(OCC(=O)N(C)Cc2ccccc2)cc1. The van der Waals surface area contributed by atoms with Crippen molar-refractivity contribution in [3.8, 4) is 11.5 Å². The molecule has 0 aliphatic carbocycles. The number of carbonyl (C=O) groups excluding carboxylic acids is 1. The summed E-state index contributed by atoms with van der Waals surface area (Å²) < 4.78 is 11.0. The highest BCUT2D eigenvalue weighted by Gasteiger charge is 2.10. The van der Waals surface area contributed by atoms with Crippen LogP contribution in [0.2, 0.25) is 0 Å². The molecule has 122 valence electrons. The van der Waals surface area contributed by atoms with Gasteiger partial charge in [-0.3, -0.25) is 4.79 Å². The van der Waals surface area contributed by atoms with Crippen molar-refractivity contribution in [3.63, 3.8) is 0 Å². The van der Waals surface area contributed by atoms with Crippen LogP contribution in [-0.4, -0.2) is 31.1 Å². The van der Waals surface area contributed by atoms with Crippen LogP contribution in [0.3, 0.4) is 0 Å². The first-order valence-corrected chi connectivity index (χ1v) is 7.82. The van der Waals surface area contributed by atoms with Gasteiger partial charge in [-0.15, -0.1) is 0 Å². The zero-order valence-corrected chi connectivity index (χ0v) is 13.7. The van der Waals surface area contributed by atoms with Crippen LogP contribution in [0, 0.1) is 0 Å². The molecular weight excluding hydrogens is 290 g/mol. The minimum absolute atomic E-state index is 0.0263. The smallest absolute Gasteiger partial charge is 0.260 e. The van der Waals surface area contributed by atoms with E-state index in [0.29, 0.717) is 18.9 Å². The number of carbonyl (C=O) groups is 1. The molecule has 0 radical (unpaired) electrons. The lowest BCUT2D eigenvalue weighted by molar-refractivity contribution is -0.132. The number of rotatable bonds is 8. The summed E-state index contributed by atoms with van der Waals surface area (Å²) in [5.74, 6) is 1.42. The van der Waals surface area contributed by atoms with E-state index in [9.17, 15) is 4.79 Å². The van der Waals surface area contributed by atoms with E-state index in [4.69, 9.17) is 9.47 Å². The summed E-state index contributed by atoms with van der Waals surface area (Å²) in [6.07, 6.45) is 0.973. The maximum absolute atomic E-state index is 12.1. The van der Waals surface area contributed by atoms with E-state index in [1.807, 2.05) is 54.6 Å². The Morgan fingerprint density at radius 1 is 0.957 bits per heavy atom. The van der Waals surface area contributed by atoms with Crippen LogP contribution < -0.4 is 9.47 Å². The fourth-order valence-corrected chi connectivity index (χ4v) is 2.05. The second-order valence-corrected chi connectivity index (χ2v) is 5.34. The third-order valence-electron chi connectivity index (χ3n) is 3.35. The molecule has 23 heavy (non-hydrogen) atoms. The highest BCUT2D eigenvalue weighted by molar-refractivity contribution is 5.77. The Labute approximate surface area is 137 Å². The van der Waals surface area contributed by atoms with Crippen molar-refractivity contribution < 1.29 is 14.3 Å². The van der Waals surface area contributed by atoms with Crippen LogP contribution in [-0.2, 0) is 11.3 Å². The number of hydrogen-bond donors (Lipinski definition) is 0. The van der Waals surface area contributed by atoms with Crippen LogP contribution in [0.25, 0.3) is 0 Å². The lowest BCUT2D eigenvalue weighted by Crippen LogP contribution is -2.30. The molecular formula is C19H23NO3. The second kappa shape index (κ2) is 8.83. The Kier molecular flexibility index (Phi) is 6.48. The van der Waals surface area contributed by atoms with Gasteiger partial charge in [-0.25, -0.2) is 0 Å². The molecule has 0 N–H and O–H groups in total. The highest BCUT2D eigenvalue weighted by Crippen LogP contribution is 2.17. The third-order valence-corrected chi connectivity index (χ3v) is 3.35. The van der Waals surface area contributed by atoms with Gasteiger partial charge in [0, 0.05) is 13.6 Å². The van der Waals surface area contributed by atoms with Gasteiger partial charge in [-0.1, -0.05) is 37.3 Å². The van der Waals surface area contributed by atoms with Gasteiger partial charge in [0.1, 0.15) is 11.5 Å². The zero-order chi connectivity index (χ0) is 16.5. The molecule has 0 fully saturated rings. The Bertz CT molecular complexity index is 596. The largest absolute Gasteiger partial charge is 0.494 e. The average Bonchev–Trinajstić information content (AvgIpc) is 2.59. The summed E-state index contributed by atoms with van der Waals surface area (Å²) in [5, 5.41) is 0. The average molecular weight is 313 g/mol. The number of ether oxygens (including phenoxy) is 2. The van der Waals surface area contributed by atoms with E-state index in [-0.39, 0.29) is 12.5 Å². The number of nitrogens with zero attached hydrogens (tertiary/aromatic N) is 1. The molecule has 0 aromatic heterocycles. The molecule has 0 aliphatic rings. The Hall–Kier alpha value is -2.49. The summed E-state index contributed by atoms with van der Waals surface area (Å²) in [6.45, 7) is 3.36. The summed E-state index contributed by atoms with van der Waals surface area (Å²) in [7, 11) is 1.78. The van der Waals surface area contributed by atoms with Crippen LogP contribution >= 0.6 is 0 Å². The van der Waals surface area contributed by atoms with E-state index in [1.165, 1.54) is 0 Å². The fraction of sp³-hybridized carbons (Fsp3) is 0.316. The molecule has 4 heteroatoms. The zero-order valence-electron chi connectivity index (χ0n) is 13.7. The summed E-state index contributed by atoms with van der Waals surface area (Å²) >= 11 is 0. The maximum Gasteiger partial charge on any atom is 0.260 e. The molecule has 2 rings (SSSR count). The second-order valence-electron chi connectivity index (χ2n) is 5.34. The van der Waals surface area contributed by atoms with Gasteiger partial charge in [-0.05, 0) is 36.2 Å². The van der Waals surface area contributed by atoms with Crippen molar-refractivity contribution in [2.24, 2.45) is 0 Å². The standard InChI is InChI=1S/C19H23NO3/c1-3-13-22-17-9-11-18(12-10-17)23-15-19(21)20(2)14-16-7-5-4-6-8-16/h4-12H,3,13-15H2,1-2H3. The van der Waals surface area contributed by atoms with Gasteiger partial charge in [0.25, 0.3) is 5.91 Å². The van der Waals surface area contributed by atoms with E-state index in [0.717, 1.165) is 17.7 Å². The van der Waals surface area contributed by atoms with Gasteiger partial charge in [0.15, 0.2) is 6.61 Å². The van der Waals surface area contributed by atoms with Crippen molar-refractivity contribution in [2.75, 3.05) is 20.3 Å². The van der Waals surface area contributed by atoms with E-state index >= 15 is 0 Å². The van der Waals surface area contributed by atoms with Gasteiger partial charge in [0.2, 0.25) is 0 Å². The van der Waals surface area contributed by atoms with Crippen LogP contribution in [0.5, 0.6) is 11.5 Å². The Balaban J connectivity index is 1.79. The van der Waals surface area contributed by atoms with Crippen molar-refractivity contribution in [2.45, 2.75) is 19.9 Å². The predicted octanol–water partition coefficient (Wildman–Crippen LogP) is 3.51. The van der Waals surface area contributed by atoms with Gasteiger partial charge in [0.05, 0.1) is 6.61 Å². The van der Waals surface area contributed by atoms with Crippen LogP contribution in [0.15, 0.2) is 54.6 Å². The van der Waals surface area contributed by atoms with Crippen molar-refractivity contribution in [1.82, 2.24) is 4.90 Å². The number of hydrogen-bond acceptors (Lipinski definition) is 3. The quantitative estimate of drug-likeness (QED) is 0.748. The predicted molar refractivity (Wildman–Crippen MR) is 90.6 cm³/mol. The fourth-order valence-electron chi connectivity index (χ4n) is 2.05. The molecule has 0 saturated carbocycles. The summed E-state index contributed by atoms with van der Waals surface area (Å²) in [4.78, 5) is 13.8. The highest BCUT2D eigenvalue weighted by atomic mass is 16.5. The summed E-state index contributed by atoms with van der Waals surface area (Å²) in [5.41, 5.74) is 1.10. The Morgan fingerprint density at radius 3 is 2.17 bits per heavy atom. The van der Waals surface area contributed by atoms with E-state index < -0.39 is 0 Å². The molecule has 0 atom stereocenters. The first kappa shape index (κ1) is 16.9. The van der Waals surface area contributed by atoms with Crippen LogP contribution in [0.1, 0.15) is 18.9 Å². The molecule has 0 heterocycles. The van der Waals surface area contributed by atoms with Crippen molar-refractivity contribution in [1.29, 1.82) is 0 Å². The minimum atomic E-state index is -0.0554. The van der Waals surface area contributed by atoms with Gasteiger partial charge >= 0.3 is 0 Å². The first-order chi connectivity index (χ1) is 11.2. The van der Waals surface area contributed by atoms with Crippen molar-refractivity contribution in [3.05, 3.63) is 60.2 Å². The van der Waals surface area contributed by atoms with Gasteiger partial charge in [-0.2, -0.15) is 0 Å². The normalized spacial score (nSPS) is 10.2. The minimum Gasteiger partial charge on any atom is -0.494 e. The maximum atomic E-state index is 12.1. The molecule has 1 amide bonds. The lowest BCUT2D eigenvalue weighted by atomic mass is 10.2. The Morgan fingerprint density at radius 2 is 1.57 bits per heavy atom. The monoisotopic (exact) mass is 313 g/mol. The number of amides is 1. The third kappa shape index (κ3) is 5.66. The molecule has 0 unspecified atom stereocenters. The van der Waals surface area contributed by atoms with Gasteiger partial charge < -0.3 is 14.4 Å². The number of benzene rings is 2. The molecule has 0 saturated heterocycles. The summed E-state index contributed by atoms with van der Waals surface area (Å²) in [6, 6.07) is 17.2. The molecule has 0 bridgehead atoms. The lowest BCUT2D eigenvalue weighted by Gasteiger charge is -2.17. The van der Waals surface area contributed by atoms with E-state index in [2.05, 4.69) is 6.92 Å².